The summed E-state index contributed by atoms with van der Waals surface area (Å²) in [5.41, 5.74) is 2.33. The molecule has 1 aliphatic heterocycles. The lowest BCUT2D eigenvalue weighted by atomic mass is 10.3. The SMILES string of the molecule is Cc1cc(CNCCCN2CCOCC2)n(C)n1. The van der Waals surface area contributed by atoms with Gasteiger partial charge in [-0.25, -0.2) is 0 Å². The molecule has 1 N–H and O–H groups in total. The normalized spacial score (nSPS) is 17.2. The molecular weight excluding hydrogens is 228 g/mol. The monoisotopic (exact) mass is 252 g/mol. The number of nitrogens with zero attached hydrogens (tertiary/aromatic N) is 3. The van der Waals surface area contributed by atoms with Gasteiger partial charge in [0.15, 0.2) is 0 Å². The van der Waals surface area contributed by atoms with E-state index in [0.717, 1.165) is 45.1 Å². The van der Waals surface area contributed by atoms with Crippen molar-refractivity contribution in [2.24, 2.45) is 7.05 Å². The molecule has 5 heteroatoms. The number of hydrogen-bond acceptors (Lipinski definition) is 4. The molecule has 1 saturated heterocycles. The van der Waals surface area contributed by atoms with Crippen LogP contribution < -0.4 is 5.32 Å². The molecule has 0 bridgehead atoms. The minimum absolute atomic E-state index is 0.891. The highest BCUT2D eigenvalue weighted by Gasteiger charge is 2.09. The lowest BCUT2D eigenvalue weighted by Crippen LogP contribution is -2.37. The molecule has 0 atom stereocenters. The van der Waals surface area contributed by atoms with Crippen molar-refractivity contribution in [3.8, 4) is 0 Å². The second-order valence-corrected chi connectivity index (χ2v) is 4.89. The van der Waals surface area contributed by atoms with Gasteiger partial charge < -0.3 is 10.1 Å². The lowest BCUT2D eigenvalue weighted by Gasteiger charge is -2.26. The van der Waals surface area contributed by atoms with Crippen LogP contribution >= 0.6 is 0 Å². The first-order valence-electron chi connectivity index (χ1n) is 6.76. The van der Waals surface area contributed by atoms with Crippen LogP contribution in [-0.2, 0) is 18.3 Å². The minimum atomic E-state index is 0.891. The summed E-state index contributed by atoms with van der Waals surface area (Å²) in [6.45, 7) is 9.11. The van der Waals surface area contributed by atoms with Crippen LogP contribution in [0.2, 0.25) is 0 Å². The van der Waals surface area contributed by atoms with Crippen molar-refractivity contribution >= 4 is 0 Å². The van der Waals surface area contributed by atoms with Gasteiger partial charge in [0.05, 0.1) is 24.6 Å². The highest BCUT2D eigenvalue weighted by atomic mass is 16.5. The molecule has 0 aliphatic carbocycles. The van der Waals surface area contributed by atoms with Crippen molar-refractivity contribution in [3.05, 3.63) is 17.5 Å². The van der Waals surface area contributed by atoms with Crippen LogP contribution in [0.5, 0.6) is 0 Å². The van der Waals surface area contributed by atoms with Crippen molar-refractivity contribution in [2.45, 2.75) is 19.9 Å². The second-order valence-electron chi connectivity index (χ2n) is 4.89. The van der Waals surface area contributed by atoms with E-state index in [1.54, 1.807) is 0 Å². The Labute approximate surface area is 109 Å². The average Bonchev–Trinajstić information content (AvgIpc) is 2.69. The van der Waals surface area contributed by atoms with E-state index in [1.807, 2.05) is 18.7 Å². The second kappa shape index (κ2) is 6.87. The van der Waals surface area contributed by atoms with Crippen molar-refractivity contribution < 1.29 is 4.74 Å². The van der Waals surface area contributed by atoms with Gasteiger partial charge in [-0.3, -0.25) is 9.58 Å². The van der Waals surface area contributed by atoms with Gasteiger partial charge in [0.1, 0.15) is 0 Å². The van der Waals surface area contributed by atoms with E-state index < -0.39 is 0 Å². The van der Waals surface area contributed by atoms with Crippen molar-refractivity contribution in [1.29, 1.82) is 0 Å². The Bertz CT molecular complexity index is 358. The molecule has 0 saturated carbocycles. The molecule has 2 rings (SSSR count). The molecule has 0 radical (unpaired) electrons. The number of hydrogen-bond donors (Lipinski definition) is 1. The number of nitrogens with one attached hydrogen (secondary N) is 1. The van der Waals surface area contributed by atoms with Crippen LogP contribution in [0.4, 0.5) is 0 Å². The highest BCUT2D eigenvalue weighted by molar-refractivity contribution is 5.08. The highest BCUT2D eigenvalue weighted by Crippen LogP contribution is 2.01. The summed E-state index contributed by atoms with van der Waals surface area (Å²) in [4.78, 5) is 2.47. The average molecular weight is 252 g/mol. The Morgan fingerprint density at radius 2 is 2.17 bits per heavy atom. The third kappa shape index (κ3) is 4.08. The zero-order chi connectivity index (χ0) is 12.8. The van der Waals surface area contributed by atoms with Gasteiger partial charge >= 0.3 is 0 Å². The standard InChI is InChI=1S/C13H24N4O/c1-12-10-13(16(2)15-12)11-14-4-3-5-17-6-8-18-9-7-17/h10,14H,3-9,11H2,1-2H3. The molecular formula is C13H24N4O. The van der Waals surface area contributed by atoms with E-state index in [0.29, 0.717) is 0 Å². The molecule has 1 fully saturated rings. The van der Waals surface area contributed by atoms with Crippen LogP contribution in [0.15, 0.2) is 6.07 Å². The van der Waals surface area contributed by atoms with Gasteiger partial charge in [0.25, 0.3) is 0 Å². The Morgan fingerprint density at radius 3 is 2.83 bits per heavy atom. The number of aryl methyl sites for hydroxylation is 2. The quantitative estimate of drug-likeness (QED) is 0.751. The van der Waals surface area contributed by atoms with E-state index in [-0.39, 0.29) is 0 Å². The number of aromatic nitrogens is 2. The van der Waals surface area contributed by atoms with Gasteiger partial charge in [-0.1, -0.05) is 0 Å². The Balaban J connectivity index is 1.57. The maximum Gasteiger partial charge on any atom is 0.0597 e. The van der Waals surface area contributed by atoms with Crippen LogP contribution in [-0.4, -0.2) is 54.1 Å². The predicted molar refractivity (Wildman–Crippen MR) is 71.5 cm³/mol. The summed E-state index contributed by atoms with van der Waals surface area (Å²) in [7, 11) is 2.00. The van der Waals surface area contributed by atoms with Gasteiger partial charge in [-0.05, 0) is 32.5 Å². The zero-order valence-corrected chi connectivity index (χ0v) is 11.5. The fourth-order valence-electron chi connectivity index (χ4n) is 2.30. The van der Waals surface area contributed by atoms with Gasteiger partial charge in [-0.15, -0.1) is 0 Å². The van der Waals surface area contributed by atoms with E-state index in [4.69, 9.17) is 4.74 Å². The molecule has 0 unspecified atom stereocenters. The van der Waals surface area contributed by atoms with Gasteiger partial charge in [0.2, 0.25) is 0 Å². The van der Waals surface area contributed by atoms with Crippen molar-refractivity contribution in [2.75, 3.05) is 39.4 Å². The van der Waals surface area contributed by atoms with E-state index in [9.17, 15) is 0 Å². The summed E-state index contributed by atoms with van der Waals surface area (Å²) in [5, 5.41) is 7.81. The summed E-state index contributed by atoms with van der Waals surface area (Å²) in [5.74, 6) is 0. The maximum atomic E-state index is 5.33. The van der Waals surface area contributed by atoms with Crippen LogP contribution in [0.3, 0.4) is 0 Å². The third-order valence-corrected chi connectivity index (χ3v) is 3.34. The largest absolute Gasteiger partial charge is 0.379 e. The summed E-state index contributed by atoms with van der Waals surface area (Å²) in [6.07, 6.45) is 1.19. The van der Waals surface area contributed by atoms with Gasteiger partial charge in [0, 0.05) is 26.7 Å². The van der Waals surface area contributed by atoms with E-state index in [1.165, 1.54) is 18.7 Å². The molecule has 0 spiro atoms. The Kier molecular flexibility index (Phi) is 5.16. The maximum absolute atomic E-state index is 5.33. The smallest absolute Gasteiger partial charge is 0.0597 e. The fraction of sp³-hybridized carbons (Fsp3) is 0.769. The number of rotatable bonds is 6. The molecule has 0 amide bonds. The number of ether oxygens (including phenoxy) is 1. The predicted octanol–water partition coefficient (Wildman–Crippen LogP) is 0.540. The number of morpholine rings is 1. The topological polar surface area (TPSA) is 42.3 Å². The Morgan fingerprint density at radius 1 is 1.39 bits per heavy atom. The van der Waals surface area contributed by atoms with Gasteiger partial charge in [-0.2, -0.15) is 5.10 Å². The first-order valence-corrected chi connectivity index (χ1v) is 6.76. The van der Waals surface area contributed by atoms with Crippen LogP contribution in [0, 0.1) is 6.92 Å². The van der Waals surface area contributed by atoms with Crippen molar-refractivity contribution in [3.63, 3.8) is 0 Å². The van der Waals surface area contributed by atoms with Crippen molar-refractivity contribution in [1.82, 2.24) is 20.0 Å². The summed E-state index contributed by atoms with van der Waals surface area (Å²) >= 11 is 0. The Hall–Kier alpha value is -0.910. The first-order chi connectivity index (χ1) is 8.75. The van der Waals surface area contributed by atoms with E-state index >= 15 is 0 Å². The first kappa shape index (κ1) is 13.5. The molecule has 18 heavy (non-hydrogen) atoms. The van der Waals surface area contributed by atoms with E-state index in [2.05, 4.69) is 21.4 Å². The molecule has 2 heterocycles. The molecule has 1 aliphatic rings. The molecule has 102 valence electrons. The molecule has 0 aromatic carbocycles. The fourth-order valence-corrected chi connectivity index (χ4v) is 2.30. The summed E-state index contributed by atoms with van der Waals surface area (Å²) in [6, 6.07) is 2.13. The summed E-state index contributed by atoms with van der Waals surface area (Å²) < 4.78 is 7.28. The molecule has 5 nitrogen and oxygen atoms in total. The minimum Gasteiger partial charge on any atom is -0.379 e. The van der Waals surface area contributed by atoms with Crippen LogP contribution in [0.1, 0.15) is 17.8 Å². The molecule has 1 aromatic rings. The van der Waals surface area contributed by atoms with Crippen LogP contribution in [0.25, 0.3) is 0 Å². The zero-order valence-electron chi connectivity index (χ0n) is 11.5. The molecule has 1 aromatic heterocycles. The lowest BCUT2D eigenvalue weighted by molar-refractivity contribution is 0.0374. The third-order valence-electron chi connectivity index (χ3n) is 3.34.